The maximum atomic E-state index is 12.5. The number of pyridine rings is 1. The molecule has 0 bridgehead atoms. The molecule has 33 heavy (non-hydrogen) atoms. The predicted molar refractivity (Wildman–Crippen MR) is 127 cm³/mol. The van der Waals surface area contributed by atoms with Gasteiger partial charge < -0.3 is 29.2 Å². The molecule has 0 aliphatic carbocycles. The van der Waals surface area contributed by atoms with Gasteiger partial charge in [-0.1, -0.05) is 18.2 Å². The molecule has 1 fully saturated rings. The molecule has 3 aromatic heterocycles. The van der Waals surface area contributed by atoms with Gasteiger partial charge in [0.15, 0.2) is 5.82 Å². The summed E-state index contributed by atoms with van der Waals surface area (Å²) >= 11 is 0. The van der Waals surface area contributed by atoms with Gasteiger partial charge in [-0.2, -0.15) is 0 Å². The lowest BCUT2D eigenvalue weighted by Gasteiger charge is -2.16. The molecule has 9 nitrogen and oxygen atoms in total. The van der Waals surface area contributed by atoms with E-state index in [2.05, 4.69) is 21.4 Å². The van der Waals surface area contributed by atoms with Crippen LogP contribution in [0.2, 0.25) is 0 Å². The van der Waals surface area contributed by atoms with E-state index in [1.54, 1.807) is 18.3 Å². The van der Waals surface area contributed by atoms with E-state index in [0.717, 1.165) is 51.1 Å². The number of methoxy groups -OCH3 is 1. The number of fused-ring (bicyclic) bond motifs is 3. The molecule has 1 aliphatic rings. The molecule has 172 valence electrons. The third kappa shape index (κ3) is 4.00. The van der Waals surface area contributed by atoms with Crippen LogP contribution in [0.1, 0.15) is 12.0 Å². The zero-order valence-corrected chi connectivity index (χ0v) is 19.1. The molecule has 9 heteroatoms. The molecular formula is C24H28N6O3. The maximum Gasteiger partial charge on any atom is 0.410 e. The molecule has 0 radical (unpaired) electrons. The van der Waals surface area contributed by atoms with Gasteiger partial charge in [0.25, 0.3) is 0 Å². The van der Waals surface area contributed by atoms with Crippen LogP contribution in [0.5, 0.6) is 0 Å². The van der Waals surface area contributed by atoms with Crippen molar-refractivity contribution in [2.24, 2.45) is 13.0 Å². The molecule has 2 N–H and O–H groups in total. The normalized spacial score (nSPS) is 16.1. The van der Waals surface area contributed by atoms with Crippen LogP contribution in [0.3, 0.4) is 0 Å². The summed E-state index contributed by atoms with van der Waals surface area (Å²) in [5.74, 6) is 1.12. The number of amides is 1. The minimum atomic E-state index is -0.271. The van der Waals surface area contributed by atoms with E-state index in [1.165, 1.54) is 0 Å². The van der Waals surface area contributed by atoms with E-state index >= 15 is 0 Å². The van der Waals surface area contributed by atoms with Gasteiger partial charge in [0.1, 0.15) is 17.8 Å². The van der Waals surface area contributed by atoms with Gasteiger partial charge in [0, 0.05) is 51.3 Å². The third-order valence-electron chi connectivity index (χ3n) is 6.22. The highest BCUT2D eigenvalue weighted by Crippen LogP contribution is 2.32. The van der Waals surface area contributed by atoms with Crippen molar-refractivity contribution in [3.63, 3.8) is 0 Å². The number of carbonyl (C=O) groups is 1. The molecule has 1 amide bonds. The number of nitrogens with one attached hydrogen (secondary N) is 2. The van der Waals surface area contributed by atoms with Crippen molar-refractivity contribution in [2.75, 3.05) is 39.2 Å². The van der Waals surface area contributed by atoms with Crippen molar-refractivity contribution in [2.45, 2.75) is 13.0 Å². The van der Waals surface area contributed by atoms with Crippen LogP contribution in [0.4, 0.5) is 10.6 Å². The van der Waals surface area contributed by atoms with Gasteiger partial charge in [-0.3, -0.25) is 0 Å². The molecule has 1 atom stereocenters. The first kappa shape index (κ1) is 21.3. The average molecular weight is 449 g/mol. The topological polar surface area (TPSA) is 97.3 Å². The number of H-pyrrole nitrogens is 1. The SMILES string of the molecule is CNc1nc2[nH]c(-c3cccc(COC(=O)N4CCC(COC)C4)c3)cc2c2c1ncn2C. The van der Waals surface area contributed by atoms with Crippen LogP contribution >= 0.6 is 0 Å². The first-order valence-corrected chi connectivity index (χ1v) is 11.1. The van der Waals surface area contributed by atoms with Crippen molar-refractivity contribution in [3.05, 3.63) is 42.2 Å². The molecule has 1 aliphatic heterocycles. The van der Waals surface area contributed by atoms with Gasteiger partial charge in [-0.25, -0.2) is 14.8 Å². The number of aromatic amines is 1. The van der Waals surface area contributed by atoms with E-state index in [9.17, 15) is 4.79 Å². The van der Waals surface area contributed by atoms with Crippen LogP contribution in [0, 0.1) is 5.92 Å². The second-order valence-electron chi connectivity index (χ2n) is 8.52. The Kier molecular flexibility index (Phi) is 5.63. The first-order valence-electron chi connectivity index (χ1n) is 11.1. The lowest BCUT2D eigenvalue weighted by Crippen LogP contribution is -2.29. The number of hydrogen-bond acceptors (Lipinski definition) is 6. The number of nitrogens with zero attached hydrogens (tertiary/aromatic N) is 4. The standard InChI is InChI=1S/C24H28N6O3/c1-25-23-20-21(29(2)14-26-20)18-10-19(27-22(18)28-23)17-6-4-5-15(9-17)13-33-24(31)30-8-7-16(11-30)12-32-3/h4-6,9-10,14,16H,7-8,11-13H2,1-3H3,(H2,25,27,28). The Morgan fingerprint density at radius 1 is 1.33 bits per heavy atom. The second kappa shape index (κ2) is 8.74. The summed E-state index contributed by atoms with van der Waals surface area (Å²) in [5, 5.41) is 4.14. The Labute approximate surface area is 191 Å². The zero-order chi connectivity index (χ0) is 22.9. The quantitative estimate of drug-likeness (QED) is 0.466. The summed E-state index contributed by atoms with van der Waals surface area (Å²) in [4.78, 5) is 26.8. The zero-order valence-electron chi connectivity index (χ0n) is 19.1. The summed E-state index contributed by atoms with van der Waals surface area (Å²) in [6.45, 7) is 2.30. The van der Waals surface area contributed by atoms with E-state index in [0.29, 0.717) is 25.6 Å². The summed E-state index contributed by atoms with van der Waals surface area (Å²) in [6, 6.07) is 10.1. The van der Waals surface area contributed by atoms with Crippen LogP contribution in [0.25, 0.3) is 33.3 Å². The van der Waals surface area contributed by atoms with E-state index in [1.807, 2.05) is 42.9 Å². The van der Waals surface area contributed by atoms with Crippen LogP contribution < -0.4 is 5.32 Å². The van der Waals surface area contributed by atoms with Gasteiger partial charge >= 0.3 is 6.09 Å². The number of aryl methyl sites for hydroxylation is 1. The van der Waals surface area contributed by atoms with Crippen molar-refractivity contribution >= 4 is 34.0 Å². The minimum absolute atomic E-state index is 0.229. The minimum Gasteiger partial charge on any atom is -0.445 e. The number of aromatic nitrogens is 4. The molecule has 4 aromatic rings. The van der Waals surface area contributed by atoms with E-state index in [-0.39, 0.29) is 12.7 Å². The van der Waals surface area contributed by atoms with Gasteiger partial charge in [-0.15, -0.1) is 0 Å². The first-order chi connectivity index (χ1) is 16.1. The monoisotopic (exact) mass is 448 g/mol. The predicted octanol–water partition coefficient (Wildman–Crippen LogP) is 3.76. The number of imidazole rings is 1. The molecule has 4 heterocycles. The van der Waals surface area contributed by atoms with Gasteiger partial charge in [0.2, 0.25) is 0 Å². The molecular weight excluding hydrogens is 420 g/mol. The highest BCUT2D eigenvalue weighted by atomic mass is 16.6. The molecule has 1 unspecified atom stereocenters. The smallest absolute Gasteiger partial charge is 0.410 e. The fraction of sp³-hybridized carbons (Fsp3) is 0.375. The number of carbonyl (C=O) groups excluding carboxylic acids is 1. The number of ether oxygens (including phenoxy) is 2. The van der Waals surface area contributed by atoms with E-state index in [4.69, 9.17) is 14.5 Å². The molecule has 1 saturated heterocycles. The van der Waals surface area contributed by atoms with Crippen molar-refractivity contribution in [1.29, 1.82) is 0 Å². The van der Waals surface area contributed by atoms with Gasteiger partial charge in [0.05, 0.1) is 18.5 Å². The summed E-state index contributed by atoms with van der Waals surface area (Å²) < 4.78 is 12.8. The number of likely N-dealkylation sites (tertiary alicyclic amines) is 1. The number of rotatable bonds is 6. The van der Waals surface area contributed by atoms with Gasteiger partial charge in [-0.05, 0) is 29.7 Å². The molecule has 0 spiro atoms. The molecule has 1 aromatic carbocycles. The fourth-order valence-corrected chi connectivity index (χ4v) is 4.56. The maximum absolute atomic E-state index is 12.5. The van der Waals surface area contributed by atoms with Crippen molar-refractivity contribution in [1.82, 2.24) is 24.4 Å². The largest absolute Gasteiger partial charge is 0.445 e. The lowest BCUT2D eigenvalue weighted by atomic mass is 10.1. The number of benzene rings is 1. The summed E-state index contributed by atoms with van der Waals surface area (Å²) in [7, 11) is 5.51. The third-order valence-corrected chi connectivity index (χ3v) is 6.22. The molecule has 0 saturated carbocycles. The Morgan fingerprint density at radius 2 is 2.21 bits per heavy atom. The fourth-order valence-electron chi connectivity index (χ4n) is 4.56. The number of hydrogen-bond donors (Lipinski definition) is 2. The highest BCUT2D eigenvalue weighted by molar-refractivity contribution is 6.07. The second-order valence-corrected chi connectivity index (χ2v) is 8.52. The summed E-state index contributed by atoms with van der Waals surface area (Å²) in [6.07, 6.45) is 2.48. The van der Waals surface area contributed by atoms with E-state index < -0.39 is 0 Å². The number of anilines is 1. The molecule has 5 rings (SSSR count). The summed E-state index contributed by atoms with van der Waals surface area (Å²) in [5.41, 5.74) is 5.54. The van der Waals surface area contributed by atoms with Crippen molar-refractivity contribution in [3.8, 4) is 11.3 Å². The Hall–Kier alpha value is -3.59. The average Bonchev–Trinajstić information content (AvgIpc) is 3.56. The van der Waals surface area contributed by atoms with Crippen LogP contribution in [0.15, 0.2) is 36.7 Å². The Morgan fingerprint density at radius 3 is 3.03 bits per heavy atom. The van der Waals surface area contributed by atoms with Crippen molar-refractivity contribution < 1.29 is 14.3 Å². The Bertz CT molecular complexity index is 1310. The van der Waals surface area contributed by atoms with Crippen LogP contribution in [-0.4, -0.2) is 64.4 Å². The lowest BCUT2D eigenvalue weighted by molar-refractivity contribution is 0.0993. The highest BCUT2D eigenvalue weighted by Gasteiger charge is 2.27. The van der Waals surface area contributed by atoms with Crippen LogP contribution in [-0.2, 0) is 23.1 Å². The Balaban J connectivity index is 1.35.